The summed E-state index contributed by atoms with van der Waals surface area (Å²) in [6.07, 6.45) is 0. The van der Waals surface area contributed by atoms with Crippen LogP contribution in [0.5, 0.6) is 0 Å². The Morgan fingerprint density at radius 3 is 2.10 bits per heavy atom. The Morgan fingerprint density at radius 2 is 1.42 bits per heavy atom. The van der Waals surface area contributed by atoms with Crippen molar-refractivity contribution in [2.45, 2.75) is 36.0 Å². The average molecular weight is 508 g/mol. The van der Waals surface area contributed by atoms with Crippen LogP contribution >= 0.6 is 39.3 Å². The quantitative estimate of drug-likeness (QED) is 0.265. The lowest BCUT2D eigenvalue weighted by molar-refractivity contribution is 0.590. The van der Waals surface area contributed by atoms with E-state index in [9.17, 15) is 0 Å². The molecule has 0 aliphatic heterocycles. The number of halogens is 2. The highest BCUT2D eigenvalue weighted by atomic mass is 79.9. The van der Waals surface area contributed by atoms with Gasteiger partial charge in [-0.1, -0.05) is 115 Å². The van der Waals surface area contributed by atoms with Crippen molar-refractivity contribution in [3.63, 3.8) is 0 Å². The molecule has 0 nitrogen and oxygen atoms in total. The van der Waals surface area contributed by atoms with Gasteiger partial charge in [0.25, 0.3) is 0 Å². The van der Waals surface area contributed by atoms with Crippen LogP contribution in [0, 0.1) is 0 Å². The average Bonchev–Trinajstić information content (AvgIpc) is 2.75. The molecule has 4 aromatic rings. The highest BCUT2D eigenvalue weighted by Crippen LogP contribution is 2.40. The van der Waals surface area contributed by atoms with Crippen LogP contribution in [0.1, 0.15) is 26.3 Å². The molecule has 0 unspecified atom stereocenters. The van der Waals surface area contributed by atoms with Gasteiger partial charge in [-0.15, -0.1) is 0 Å². The van der Waals surface area contributed by atoms with Gasteiger partial charge in [-0.25, -0.2) is 0 Å². The molecule has 0 heterocycles. The molecule has 0 spiro atoms. The predicted molar refractivity (Wildman–Crippen MR) is 139 cm³/mol. The van der Waals surface area contributed by atoms with Crippen molar-refractivity contribution in [1.29, 1.82) is 0 Å². The summed E-state index contributed by atoms with van der Waals surface area (Å²) in [6, 6.07) is 32.0. The molecule has 0 aliphatic rings. The van der Waals surface area contributed by atoms with Crippen LogP contribution in [0.25, 0.3) is 22.3 Å². The van der Waals surface area contributed by atoms with Gasteiger partial charge in [0.2, 0.25) is 0 Å². The van der Waals surface area contributed by atoms with Crippen molar-refractivity contribution in [2.75, 3.05) is 0 Å². The Morgan fingerprint density at radius 1 is 0.710 bits per heavy atom. The van der Waals surface area contributed by atoms with Gasteiger partial charge < -0.3 is 0 Å². The van der Waals surface area contributed by atoms with Gasteiger partial charge in [0, 0.05) is 19.3 Å². The minimum atomic E-state index is 0.152. The standard InChI is InChI=1S/C28H24BrClS/c1-28(2,3)22-11-9-19(10-12-22)21-15-23(29)17-25(16-21)31-27-14-13-24(30)18-26(27)20-7-5-4-6-8-20/h4-18H,1-3H3. The Balaban J connectivity index is 1.69. The second-order valence-corrected chi connectivity index (χ2v) is 11.1. The Kier molecular flexibility index (Phi) is 6.62. The summed E-state index contributed by atoms with van der Waals surface area (Å²) in [6.45, 7) is 6.73. The number of hydrogen-bond acceptors (Lipinski definition) is 1. The summed E-state index contributed by atoms with van der Waals surface area (Å²) in [5, 5.41) is 0.747. The summed E-state index contributed by atoms with van der Waals surface area (Å²) in [7, 11) is 0. The van der Waals surface area contributed by atoms with Gasteiger partial charge in [-0.05, 0) is 69.6 Å². The molecule has 0 N–H and O–H groups in total. The molecule has 0 saturated heterocycles. The van der Waals surface area contributed by atoms with Gasteiger partial charge in [0.15, 0.2) is 0 Å². The van der Waals surface area contributed by atoms with E-state index >= 15 is 0 Å². The van der Waals surface area contributed by atoms with E-state index in [1.807, 2.05) is 18.2 Å². The molecular formula is C28H24BrClS. The van der Waals surface area contributed by atoms with Crippen LogP contribution in [-0.4, -0.2) is 0 Å². The smallest absolute Gasteiger partial charge is 0.0412 e. The van der Waals surface area contributed by atoms with Crippen molar-refractivity contribution in [3.05, 3.63) is 106 Å². The lowest BCUT2D eigenvalue weighted by Gasteiger charge is -2.19. The molecule has 3 heteroatoms. The first-order valence-corrected chi connectivity index (χ1v) is 12.2. The van der Waals surface area contributed by atoms with Gasteiger partial charge in [0.1, 0.15) is 0 Å². The maximum absolute atomic E-state index is 6.33. The fourth-order valence-electron chi connectivity index (χ4n) is 3.51. The predicted octanol–water partition coefficient (Wildman–Crippen LogP) is 9.89. The summed E-state index contributed by atoms with van der Waals surface area (Å²) in [5.74, 6) is 0. The second kappa shape index (κ2) is 9.24. The lowest BCUT2D eigenvalue weighted by atomic mass is 9.86. The lowest BCUT2D eigenvalue weighted by Crippen LogP contribution is -2.10. The third-order valence-corrected chi connectivity index (χ3v) is 6.95. The molecule has 0 fully saturated rings. The first-order chi connectivity index (χ1) is 14.8. The fraction of sp³-hybridized carbons (Fsp3) is 0.143. The van der Waals surface area contributed by atoms with Crippen molar-refractivity contribution < 1.29 is 0 Å². The van der Waals surface area contributed by atoms with E-state index < -0.39 is 0 Å². The van der Waals surface area contributed by atoms with E-state index in [1.165, 1.54) is 32.0 Å². The van der Waals surface area contributed by atoms with Gasteiger partial charge >= 0.3 is 0 Å². The number of rotatable bonds is 4. The molecule has 0 amide bonds. The second-order valence-electron chi connectivity index (χ2n) is 8.61. The summed E-state index contributed by atoms with van der Waals surface area (Å²) < 4.78 is 1.07. The number of hydrogen-bond donors (Lipinski definition) is 0. The van der Waals surface area contributed by atoms with E-state index in [2.05, 4.69) is 109 Å². The molecule has 4 rings (SSSR count). The topological polar surface area (TPSA) is 0 Å². The Bertz CT molecular complexity index is 1190. The van der Waals surface area contributed by atoms with E-state index in [0.29, 0.717) is 0 Å². The molecular weight excluding hydrogens is 484 g/mol. The molecule has 156 valence electrons. The number of benzene rings is 4. The molecule has 0 aromatic heterocycles. The summed E-state index contributed by atoms with van der Waals surface area (Å²) >= 11 is 11.8. The van der Waals surface area contributed by atoms with Crippen molar-refractivity contribution in [1.82, 2.24) is 0 Å². The van der Waals surface area contributed by atoms with Gasteiger partial charge in [-0.3, -0.25) is 0 Å². The van der Waals surface area contributed by atoms with E-state index in [0.717, 1.165) is 15.1 Å². The highest BCUT2D eigenvalue weighted by Gasteiger charge is 2.14. The maximum Gasteiger partial charge on any atom is 0.0412 e. The molecule has 31 heavy (non-hydrogen) atoms. The SMILES string of the molecule is CC(C)(C)c1ccc(-c2cc(Br)cc(Sc3ccc(Cl)cc3-c3ccccc3)c2)cc1. The van der Waals surface area contributed by atoms with Crippen molar-refractivity contribution in [3.8, 4) is 22.3 Å². The zero-order chi connectivity index (χ0) is 22.0. The minimum absolute atomic E-state index is 0.152. The molecule has 0 radical (unpaired) electrons. The summed E-state index contributed by atoms with van der Waals surface area (Å²) in [5.41, 5.74) is 6.23. The first-order valence-electron chi connectivity index (χ1n) is 10.2. The molecule has 4 aromatic carbocycles. The van der Waals surface area contributed by atoms with Crippen LogP contribution in [0.15, 0.2) is 105 Å². The van der Waals surface area contributed by atoms with Crippen molar-refractivity contribution in [2.24, 2.45) is 0 Å². The van der Waals surface area contributed by atoms with Crippen LogP contribution in [0.2, 0.25) is 5.02 Å². The Hall–Kier alpha value is -2.00. The van der Waals surface area contributed by atoms with Gasteiger partial charge in [0.05, 0.1) is 0 Å². The third-order valence-electron chi connectivity index (χ3n) is 5.21. The normalized spacial score (nSPS) is 11.5. The summed E-state index contributed by atoms with van der Waals surface area (Å²) in [4.78, 5) is 2.37. The highest BCUT2D eigenvalue weighted by molar-refractivity contribution is 9.10. The Labute approximate surface area is 202 Å². The molecule has 0 aliphatic carbocycles. The van der Waals surface area contributed by atoms with E-state index in [4.69, 9.17) is 11.6 Å². The largest absolute Gasteiger partial charge is 0.0894 e. The van der Waals surface area contributed by atoms with Crippen LogP contribution in [0.3, 0.4) is 0 Å². The molecule has 0 bridgehead atoms. The maximum atomic E-state index is 6.33. The van der Waals surface area contributed by atoms with Crippen LogP contribution in [-0.2, 0) is 5.41 Å². The zero-order valence-electron chi connectivity index (χ0n) is 17.8. The van der Waals surface area contributed by atoms with E-state index in [-0.39, 0.29) is 5.41 Å². The zero-order valence-corrected chi connectivity index (χ0v) is 21.0. The third kappa shape index (κ3) is 5.44. The van der Waals surface area contributed by atoms with E-state index in [1.54, 1.807) is 11.8 Å². The molecule has 0 saturated carbocycles. The monoisotopic (exact) mass is 506 g/mol. The van der Waals surface area contributed by atoms with Crippen LogP contribution < -0.4 is 0 Å². The van der Waals surface area contributed by atoms with Crippen molar-refractivity contribution >= 4 is 39.3 Å². The first kappa shape index (κ1) is 22.2. The minimum Gasteiger partial charge on any atom is -0.0894 e. The van der Waals surface area contributed by atoms with Gasteiger partial charge in [-0.2, -0.15) is 0 Å². The molecule has 0 atom stereocenters. The van der Waals surface area contributed by atoms with Crippen LogP contribution in [0.4, 0.5) is 0 Å². The fourth-order valence-corrected chi connectivity index (χ4v) is 5.38.